The Kier molecular flexibility index (Phi) is 12.1. The van der Waals surface area contributed by atoms with Crippen LogP contribution in [-0.2, 0) is 20.5 Å². The molecule has 3 nitrogen and oxygen atoms in total. The second-order valence-electron chi connectivity index (χ2n) is 2.49. The van der Waals surface area contributed by atoms with E-state index in [0.717, 1.165) is 0 Å². The summed E-state index contributed by atoms with van der Waals surface area (Å²) in [7, 11) is -3.13. The van der Waals surface area contributed by atoms with Gasteiger partial charge in [-0.05, 0) is 0 Å². The topological polar surface area (TPSA) is 57.5 Å². The van der Waals surface area contributed by atoms with E-state index in [4.69, 9.17) is 14.4 Å². The van der Waals surface area contributed by atoms with Gasteiger partial charge in [0.05, 0.1) is 0 Å². The molecule has 0 rings (SSSR count). The molecule has 55 valence electrons. The van der Waals surface area contributed by atoms with Crippen molar-refractivity contribution in [1.29, 1.82) is 0 Å². The predicted molar refractivity (Wildman–Crippen MR) is 35.6 cm³/mol. The van der Waals surface area contributed by atoms with Crippen LogP contribution >= 0.6 is 8.25 Å². The van der Waals surface area contributed by atoms with Crippen molar-refractivity contribution in [3.05, 3.63) is 0 Å². The maximum Gasteiger partial charge on any atom is 0.314 e. The van der Waals surface area contributed by atoms with Crippen molar-refractivity contribution in [3.8, 4) is 0 Å². The van der Waals surface area contributed by atoms with E-state index in [2.05, 4.69) is 18.0 Å². The summed E-state index contributed by atoms with van der Waals surface area (Å²) in [4.78, 5) is 14.3. The van der Waals surface area contributed by atoms with Crippen LogP contribution in [0.5, 0.6) is 0 Å². The Bertz CT molecular complexity index is 72.2. The van der Waals surface area contributed by atoms with Crippen molar-refractivity contribution >= 4 is 8.25 Å². The van der Waals surface area contributed by atoms with Crippen molar-refractivity contribution in [2.24, 2.45) is 0 Å². The SMILES string of the molecule is C[CH2][Zn]([CH3])[CH3].O=[PH](O)O. The van der Waals surface area contributed by atoms with Gasteiger partial charge in [-0.25, -0.2) is 0 Å². The van der Waals surface area contributed by atoms with Crippen LogP contribution in [0, 0.1) is 0 Å². The fraction of sp³-hybridized carbons (Fsp3) is 1.00. The van der Waals surface area contributed by atoms with E-state index in [9.17, 15) is 0 Å². The standard InChI is InChI=1S/C2H5.2CH3.H3O3P.Zn/c1-2;;;1-4(2)3;/h1H2,2H3;2*1H3;4H,(H2,1,2,3);. The molecule has 2 N–H and O–H groups in total. The van der Waals surface area contributed by atoms with E-state index in [0.29, 0.717) is 0 Å². The molecule has 0 unspecified atom stereocenters. The molecule has 0 aliphatic heterocycles. The van der Waals surface area contributed by atoms with E-state index in [1.165, 1.54) is 5.02 Å². The molecule has 0 saturated heterocycles. The first-order valence-electron chi connectivity index (χ1n) is 3.27. The molecule has 0 fully saturated rings. The Morgan fingerprint density at radius 1 is 1.44 bits per heavy atom. The Morgan fingerprint density at radius 3 is 1.56 bits per heavy atom. The molecule has 0 aromatic heterocycles. The molecule has 0 aliphatic rings. The van der Waals surface area contributed by atoms with E-state index in [-0.39, 0.29) is 0 Å². The average molecular weight is 207 g/mol. The summed E-state index contributed by atoms with van der Waals surface area (Å²) in [6, 6.07) is 0. The third kappa shape index (κ3) is 52.3. The van der Waals surface area contributed by atoms with Gasteiger partial charge in [0.15, 0.2) is 0 Å². The van der Waals surface area contributed by atoms with Gasteiger partial charge in [0.2, 0.25) is 0 Å². The van der Waals surface area contributed by atoms with Gasteiger partial charge in [-0.15, -0.1) is 0 Å². The van der Waals surface area contributed by atoms with Gasteiger partial charge in [-0.3, -0.25) is 4.57 Å². The quantitative estimate of drug-likeness (QED) is 0.505. The van der Waals surface area contributed by atoms with Crippen LogP contribution in [0.3, 0.4) is 0 Å². The average Bonchev–Trinajstić information content (AvgIpc) is 1.65. The Morgan fingerprint density at radius 2 is 1.56 bits per heavy atom. The maximum absolute atomic E-state index is 8.74. The molecule has 0 aromatic rings. The van der Waals surface area contributed by atoms with Gasteiger partial charge in [-0.2, -0.15) is 0 Å². The summed E-state index contributed by atoms with van der Waals surface area (Å²) in [5.74, 6) is 0. The van der Waals surface area contributed by atoms with Gasteiger partial charge in [-0.1, -0.05) is 0 Å². The van der Waals surface area contributed by atoms with Crippen LogP contribution in [0.25, 0.3) is 0 Å². The molecule has 0 atom stereocenters. The predicted octanol–water partition coefficient (Wildman–Crippen LogP) is 1.50. The largest absolute Gasteiger partial charge is 0.326 e. The zero-order valence-electron chi connectivity index (χ0n) is 6.22. The molecule has 0 bridgehead atoms. The molecular weight excluding hydrogens is 192 g/mol. The summed E-state index contributed by atoms with van der Waals surface area (Å²) in [5.41, 5.74) is 4.86. The minimum absolute atomic E-state index is 0.667. The van der Waals surface area contributed by atoms with Crippen LogP contribution in [0.2, 0.25) is 16.1 Å². The minimum atomic E-state index is -3.13. The molecule has 0 heterocycles. The Hall–Kier alpha value is 0.773. The van der Waals surface area contributed by atoms with E-state index in [1.807, 2.05) is 0 Å². The van der Waals surface area contributed by atoms with Crippen LogP contribution in [-0.4, -0.2) is 9.79 Å². The molecular formula is C4H14O3PZn. The van der Waals surface area contributed by atoms with Gasteiger partial charge in [0.1, 0.15) is 0 Å². The summed E-state index contributed by atoms with van der Waals surface area (Å²) in [6.07, 6.45) is 0. The smallest absolute Gasteiger partial charge is 0.314 e. The maximum atomic E-state index is 8.74. The van der Waals surface area contributed by atoms with Crippen LogP contribution in [0.4, 0.5) is 0 Å². The zero-order chi connectivity index (χ0) is 7.86. The van der Waals surface area contributed by atoms with Crippen molar-refractivity contribution in [3.63, 3.8) is 0 Å². The van der Waals surface area contributed by atoms with Crippen molar-refractivity contribution in [1.82, 2.24) is 0 Å². The molecule has 9 heavy (non-hydrogen) atoms. The van der Waals surface area contributed by atoms with Gasteiger partial charge >= 0.3 is 47.2 Å². The first kappa shape index (κ1) is 12.4. The zero-order valence-corrected chi connectivity index (χ0v) is 10.2. The Labute approximate surface area is 61.9 Å². The molecule has 0 saturated carbocycles. The molecule has 0 aliphatic carbocycles. The van der Waals surface area contributed by atoms with Crippen molar-refractivity contribution < 1.29 is 30.3 Å². The van der Waals surface area contributed by atoms with Gasteiger partial charge in [0, 0.05) is 0 Å². The second kappa shape index (κ2) is 8.77. The molecule has 0 amide bonds. The van der Waals surface area contributed by atoms with Gasteiger partial charge < -0.3 is 9.79 Å². The first-order valence-corrected chi connectivity index (χ1v) is 12.6. The summed E-state index contributed by atoms with van der Waals surface area (Å²) in [5, 5.41) is 1.51. The Balaban J connectivity index is 0. The number of rotatable bonds is 1. The normalized spacial score (nSPS) is 8.22. The molecule has 0 aromatic carbocycles. The van der Waals surface area contributed by atoms with Crippen molar-refractivity contribution in [2.75, 3.05) is 0 Å². The van der Waals surface area contributed by atoms with Crippen LogP contribution in [0.1, 0.15) is 6.92 Å². The fourth-order valence-electron chi connectivity index (χ4n) is 0. The van der Waals surface area contributed by atoms with E-state index in [1.54, 1.807) is 0 Å². The van der Waals surface area contributed by atoms with Crippen molar-refractivity contribution in [2.45, 2.75) is 23.0 Å². The van der Waals surface area contributed by atoms with Crippen LogP contribution in [0.15, 0.2) is 0 Å². The number of hydrogen-bond donors (Lipinski definition) is 2. The monoisotopic (exact) mass is 205 g/mol. The van der Waals surface area contributed by atoms with Crippen LogP contribution < -0.4 is 0 Å². The summed E-state index contributed by atoms with van der Waals surface area (Å²) in [6.45, 7) is 2.29. The molecule has 0 spiro atoms. The van der Waals surface area contributed by atoms with E-state index >= 15 is 0 Å². The molecule has 0 radical (unpaired) electrons. The first-order chi connectivity index (χ1) is 4.00. The second-order valence-corrected chi connectivity index (χ2v) is 12.3. The minimum Gasteiger partial charge on any atom is -0.326 e. The third-order valence-corrected chi connectivity index (χ3v) is 5.20. The summed E-state index contributed by atoms with van der Waals surface area (Å²) < 4.78 is 8.74. The number of hydrogen-bond acceptors (Lipinski definition) is 1. The summed E-state index contributed by atoms with van der Waals surface area (Å²) >= 11 is -0.667. The van der Waals surface area contributed by atoms with Gasteiger partial charge in [0.25, 0.3) is 0 Å². The molecule has 5 heteroatoms. The van der Waals surface area contributed by atoms with E-state index < -0.39 is 24.2 Å². The fourth-order valence-corrected chi connectivity index (χ4v) is 0. The third-order valence-electron chi connectivity index (χ3n) is 1.000.